The van der Waals surface area contributed by atoms with Gasteiger partial charge in [-0.15, -0.1) is 0 Å². The average Bonchev–Trinajstić information content (AvgIpc) is 2.42. The topological polar surface area (TPSA) is 75.6 Å². The highest BCUT2D eigenvalue weighted by Crippen LogP contribution is 2.13. The van der Waals surface area contributed by atoms with Gasteiger partial charge in [-0.2, -0.15) is 0 Å². The number of hydrogen-bond donors (Lipinski definition) is 2. The van der Waals surface area contributed by atoms with Gasteiger partial charge in [0.2, 0.25) is 10.0 Å². The van der Waals surface area contributed by atoms with Gasteiger partial charge in [-0.25, -0.2) is 13.1 Å². The van der Waals surface area contributed by atoms with Crippen LogP contribution in [0.3, 0.4) is 0 Å². The molecule has 0 aromatic heterocycles. The smallest absolute Gasteiger partial charge is 0.240 e. The fraction of sp³-hybridized carbons (Fsp3) is 0.600. The molecule has 0 aliphatic carbocycles. The molecule has 120 valence electrons. The molecule has 1 aromatic rings. The Balaban J connectivity index is 2.46. The second-order valence-corrected chi connectivity index (χ2v) is 7.10. The summed E-state index contributed by atoms with van der Waals surface area (Å²) in [4.78, 5) is 0.284. The number of rotatable bonds is 10. The van der Waals surface area contributed by atoms with Gasteiger partial charge in [-0.05, 0) is 36.5 Å². The van der Waals surface area contributed by atoms with Crippen LogP contribution in [0.1, 0.15) is 25.8 Å². The fourth-order valence-electron chi connectivity index (χ4n) is 1.91. The zero-order chi connectivity index (χ0) is 15.7. The third kappa shape index (κ3) is 7.04. The van der Waals surface area contributed by atoms with Gasteiger partial charge >= 0.3 is 0 Å². The Bertz CT molecular complexity index is 497. The summed E-state index contributed by atoms with van der Waals surface area (Å²) in [6.45, 7) is 5.27. The fourth-order valence-corrected chi connectivity index (χ4v) is 2.98. The maximum Gasteiger partial charge on any atom is 0.240 e. The average molecular weight is 315 g/mol. The predicted octanol–water partition coefficient (Wildman–Crippen LogP) is 1.56. The minimum Gasteiger partial charge on any atom is -0.394 e. The first kappa shape index (κ1) is 18.1. The van der Waals surface area contributed by atoms with Crippen LogP contribution in [0.25, 0.3) is 0 Å². The molecule has 0 bridgehead atoms. The Kier molecular flexibility index (Phi) is 7.88. The highest BCUT2D eigenvalue weighted by molar-refractivity contribution is 7.89. The summed E-state index contributed by atoms with van der Waals surface area (Å²) in [6.07, 6.45) is 1.51. The summed E-state index contributed by atoms with van der Waals surface area (Å²) in [5, 5.41) is 8.54. The van der Waals surface area contributed by atoms with Crippen LogP contribution in [-0.4, -0.2) is 39.9 Å². The van der Waals surface area contributed by atoms with Crippen molar-refractivity contribution in [1.82, 2.24) is 4.72 Å². The van der Waals surface area contributed by atoms with E-state index in [9.17, 15) is 8.42 Å². The van der Waals surface area contributed by atoms with Crippen LogP contribution in [-0.2, 0) is 21.2 Å². The molecule has 0 saturated carbocycles. The van der Waals surface area contributed by atoms with Gasteiger partial charge in [0, 0.05) is 13.2 Å². The van der Waals surface area contributed by atoms with Crippen molar-refractivity contribution >= 4 is 10.0 Å². The Hall–Kier alpha value is -0.950. The highest BCUT2D eigenvalue weighted by Gasteiger charge is 2.13. The van der Waals surface area contributed by atoms with Crippen molar-refractivity contribution < 1.29 is 18.3 Å². The molecule has 6 heteroatoms. The summed E-state index contributed by atoms with van der Waals surface area (Å²) in [7, 11) is -3.45. The lowest BCUT2D eigenvalue weighted by molar-refractivity contribution is 0.0913. The molecule has 2 N–H and O–H groups in total. The lowest BCUT2D eigenvalue weighted by atomic mass is 10.0. The Morgan fingerprint density at radius 3 is 2.43 bits per heavy atom. The predicted molar refractivity (Wildman–Crippen MR) is 82.7 cm³/mol. The van der Waals surface area contributed by atoms with Gasteiger partial charge in [0.1, 0.15) is 0 Å². The number of aliphatic hydroxyl groups excluding tert-OH is 1. The molecule has 0 aliphatic heterocycles. The van der Waals surface area contributed by atoms with Crippen LogP contribution in [0, 0.1) is 5.92 Å². The van der Waals surface area contributed by atoms with E-state index in [-0.39, 0.29) is 18.1 Å². The summed E-state index contributed by atoms with van der Waals surface area (Å²) < 4.78 is 31.7. The first-order valence-corrected chi connectivity index (χ1v) is 8.71. The lowest BCUT2D eigenvalue weighted by Gasteiger charge is -2.09. The van der Waals surface area contributed by atoms with Crippen molar-refractivity contribution in [2.24, 2.45) is 5.92 Å². The molecule has 0 atom stereocenters. The Morgan fingerprint density at radius 2 is 1.86 bits per heavy atom. The maximum atomic E-state index is 12.1. The van der Waals surface area contributed by atoms with Crippen molar-refractivity contribution in [3.05, 3.63) is 29.8 Å². The number of aliphatic hydroxyl groups is 1. The van der Waals surface area contributed by atoms with Crippen LogP contribution >= 0.6 is 0 Å². The van der Waals surface area contributed by atoms with E-state index in [1.165, 1.54) is 0 Å². The molecule has 0 fully saturated rings. The molecule has 5 nitrogen and oxygen atoms in total. The molecule has 0 radical (unpaired) electrons. The minimum absolute atomic E-state index is 0.0194. The van der Waals surface area contributed by atoms with Gasteiger partial charge in [0.05, 0.1) is 18.1 Å². The third-order valence-electron chi connectivity index (χ3n) is 2.87. The second kappa shape index (κ2) is 9.15. The van der Waals surface area contributed by atoms with Gasteiger partial charge in [-0.3, -0.25) is 0 Å². The van der Waals surface area contributed by atoms with Gasteiger partial charge in [0.15, 0.2) is 0 Å². The van der Waals surface area contributed by atoms with Crippen LogP contribution < -0.4 is 4.72 Å². The van der Waals surface area contributed by atoms with E-state index in [0.29, 0.717) is 25.5 Å². The minimum atomic E-state index is -3.45. The van der Waals surface area contributed by atoms with Gasteiger partial charge in [-0.1, -0.05) is 26.0 Å². The van der Waals surface area contributed by atoms with Crippen LogP contribution in [0.5, 0.6) is 0 Å². The van der Waals surface area contributed by atoms with Gasteiger partial charge < -0.3 is 9.84 Å². The van der Waals surface area contributed by atoms with E-state index < -0.39 is 10.0 Å². The normalized spacial score (nSPS) is 12.0. The summed E-state index contributed by atoms with van der Waals surface area (Å²) in [5.41, 5.74) is 1.14. The van der Waals surface area contributed by atoms with Crippen LogP contribution in [0.2, 0.25) is 0 Å². The molecule has 1 rings (SSSR count). The molecule has 0 amide bonds. The highest BCUT2D eigenvalue weighted by atomic mass is 32.2. The zero-order valence-electron chi connectivity index (χ0n) is 12.7. The van der Waals surface area contributed by atoms with E-state index in [0.717, 1.165) is 12.0 Å². The molecule has 0 unspecified atom stereocenters. The van der Waals surface area contributed by atoms with Gasteiger partial charge in [0.25, 0.3) is 0 Å². The maximum absolute atomic E-state index is 12.1. The Labute approximate surface area is 127 Å². The van der Waals surface area contributed by atoms with E-state index in [1.807, 2.05) is 12.1 Å². The summed E-state index contributed by atoms with van der Waals surface area (Å²) in [5.74, 6) is 0.546. The lowest BCUT2D eigenvalue weighted by Crippen LogP contribution is -2.25. The number of sulfonamides is 1. The van der Waals surface area contributed by atoms with E-state index >= 15 is 0 Å². The van der Waals surface area contributed by atoms with Crippen molar-refractivity contribution in [3.8, 4) is 0 Å². The van der Waals surface area contributed by atoms with Crippen LogP contribution in [0.15, 0.2) is 29.2 Å². The van der Waals surface area contributed by atoms with Crippen molar-refractivity contribution in [3.63, 3.8) is 0 Å². The van der Waals surface area contributed by atoms with Crippen LogP contribution in [0.4, 0.5) is 0 Å². The largest absolute Gasteiger partial charge is 0.394 e. The number of hydrogen-bond acceptors (Lipinski definition) is 4. The molecular weight excluding hydrogens is 290 g/mol. The molecule has 0 saturated heterocycles. The molecular formula is C15H25NO4S. The number of ether oxygens (including phenoxy) is 1. The quantitative estimate of drug-likeness (QED) is 0.643. The molecule has 21 heavy (non-hydrogen) atoms. The number of nitrogens with one attached hydrogen (secondary N) is 1. The monoisotopic (exact) mass is 315 g/mol. The first-order valence-electron chi connectivity index (χ1n) is 7.23. The van der Waals surface area contributed by atoms with Crippen molar-refractivity contribution in [1.29, 1.82) is 0 Å². The van der Waals surface area contributed by atoms with E-state index in [2.05, 4.69) is 18.6 Å². The molecule has 0 heterocycles. The zero-order valence-corrected chi connectivity index (χ0v) is 13.5. The third-order valence-corrected chi connectivity index (χ3v) is 4.35. The first-order chi connectivity index (χ1) is 9.95. The number of benzene rings is 1. The Morgan fingerprint density at radius 1 is 1.19 bits per heavy atom. The summed E-state index contributed by atoms with van der Waals surface area (Å²) >= 11 is 0. The molecule has 0 aliphatic rings. The SMILES string of the molecule is CC(C)Cc1ccc(S(=O)(=O)NCCCOCCO)cc1. The van der Waals surface area contributed by atoms with Crippen molar-refractivity contribution in [2.45, 2.75) is 31.6 Å². The molecule has 1 aromatic carbocycles. The molecule has 0 spiro atoms. The second-order valence-electron chi connectivity index (χ2n) is 5.33. The summed E-state index contributed by atoms with van der Waals surface area (Å²) in [6, 6.07) is 7.00. The van der Waals surface area contributed by atoms with Crippen molar-refractivity contribution in [2.75, 3.05) is 26.4 Å². The standard InChI is InChI=1S/C15H25NO4S/c1-13(2)12-14-4-6-15(7-5-14)21(18,19)16-8-3-10-20-11-9-17/h4-7,13,16-17H,3,8-12H2,1-2H3. The van der Waals surface area contributed by atoms with E-state index in [4.69, 9.17) is 9.84 Å². The van der Waals surface area contributed by atoms with E-state index in [1.54, 1.807) is 12.1 Å².